The number of aliphatic carboxylic acids is 1. The van der Waals surface area contributed by atoms with Crippen LogP contribution in [0.5, 0.6) is 0 Å². The second-order valence-electron chi connectivity index (χ2n) is 6.77. The van der Waals surface area contributed by atoms with Crippen molar-refractivity contribution in [2.75, 3.05) is 0 Å². The van der Waals surface area contributed by atoms with Gasteiger partial charge in [-0.3, -0.25) is 10.2 Å². The number of carbonyl (C=O) groups is 3. The Hall–Kier alpha value is -3.36. The van der Waals surface area contributed by atoms with E-state index in [9.17, 15) is 19.5 Å². The van der Waals surface area contributed by atoms with E-state index in [-0.39, 0.29) is 18.7 Å². The highest BCUT2D eigenvalue weighted by molar-refractivity contribution is 6.11. The molecule has 2 aromatic rings. The Kier molecular flexibility index (Phi) is 6.98. The molecule has 0 bridgehead atoms. The molecule has 8 N–H and O–H groups in total. The van der Waals surface area contributed by atoms with Crippen LogP contribution in [0.3, 0.4) is 0 Å². The van der Waals surface area contributed by atoms with Gasteiger partial charge < -0.3 is 27.1 Å². The number of carboxylic acids is 1. The Labute approximate surface area is 168 Å². The molecule has 0 saturated heterocycles. The quantitative estimate of drug-likeness (QED) is 0.170. The van der Waals surface area contributed by atoms with E-state index >= 15 is 0 Å². The van der Waals surface area contributed by atoms with Gasteiger partial charge in [0.2, 0.25) is 0 Å². The average Bonchev–Trinajstić information content (AvgIpc) is 2.72. The van der Waals surface area contributed by atoms with E-state index in [4.69, 9.17) is 22.6 Å². The highest BCUT2D eigenvalue weighted by atomic mass is 16.4. The van der Waals surface area contributed by atoms with Crippen LogP contribution in [0.2, 0.25) is 0 Å². The van der Waals surface area contributed by atoms with Crippen molar-refractivity contribution in [3.8, 4) is 0 Å². The van der Waals surface area contributed by atoms with Gasteiger partial charge in [0, 0.05) is 17.9 Å². The van der Waals surface area contributed by atoms with Gasteiger partial charge in [0.15, 0.2) is 11.3 Å². The molecular formula is C21H24N4O4. The number of ketones is 1. The fourth-order valence-corrected chi connectivity index (χ4v) is 3.28. The van der Waals surface area contributed by atoms with Crippen molar-refractivity contribution in [2.45, 2.75) is 30.3 Å². The van der Waals surface area contributed by atoms with Crippen molar-refractivity contribution < 1.29 is 19.5 Å². The lowest BCUT2D eigenvalue weighted by Gasteiger charge is -2.35. The summed E-state index contributed by atoms with van der Waals surface area (Å²) in [6.45, 7) is 0. The van der Waals surface area contributed by atoms with E-state index in [0.29, 0.717) is 23.0 Å². The summed E-state index contributed by atoms with van der Waals surface area (Å²) in [6.07, 6.45) is 0.631. The summed E-state index contributed by atoms with van der Waals surface area (Å²) in [5.74, 6) is -3.57. The summed E-state index contributed by atoms with van der Waals surface area (Å²) in [6, 6.07) is 13.6. The highest BCUT2D eigenvalue weighted by Gasteiger charge is 2.51. The SMILES string of the molecule is N=C(N)c1ccc(C(c2ccccc2)C(N)(C(=O)O)C(=O)C(N)CCC=O)cc1. The Morgan fingerprint density at radius 1 is 1.07 bits per heavy atom. The van der Waals surface area contributed by atoms with Crippen LogP contribution in [0.4, 0.5) is 0 Å². The molecule has 8 nitrogen and oxygen atoms in total. The molecule has 0 heterocycles. The second-order valence-corrected chi connectivity index (χ2v) is 6.77. The summed E-state index contributed by atoms with van der Waals surface area (Å²) in [5.41, 5.74) is 16.7. The zero-order valence-electron chi connectivity index (χ0n) is 15.7. The van der Waals surface area contributed by atoms with Crippen LogP contribution in [0, 0.1) is 5.41 Å². The molecular weight excluding hydrogens is 372 g/mol. The molecule has 2 aromatic carbocycles. The lowest BCUT2D eigenvalue weighted by Crippen LogP contribution is -2.63. The molecule has 3 unspecified atom stereocenters. The molecule has 8 heteroatoms. The number of Topliss-reactive ketones (excluding diaryl/α,β-unsaturated/α-hetero) is 1. The number of hydrogen-bond donors (Lipinski definition) is 5. The predicted octanol–water partition coefficient (Wildman–Crippen LogP) is 0.760. The minimum absolute atomic E-state index is 0.000647. The van der Waals surface area contributed by atoms with Gasteiger partial charge in [-0.25, -0.2) is 4.79 Å². The van der Waals surface area contributed by atoms with E-state index in [1.54, 1.807) is 54.6 Å². The van der Waals surface area contributed by atoms with Crippen molar-refractivity contribution in [2.24, 2.45) is 17.2 Å². The maximum atomic E-state index is 13.1. The molecule has 0 aliphatic rings. The zero-order valence-corrected chi connectivity index (χ0v) is 15.7. The standard InChI is InChI=1S/C21H24N4O4/c22-16(7-4-12-26)18(27)21(25,20(28)29)17(13-5-2-1-3-6-13)14-8-10-15(11-9-14)19(23)24/h1-3,5-6,8-12,16-17H,4,7,22,25H2,(H3,23,24)(H,28,29). The first-order valence-corrected chi connectivity index (χ1v) is 8.98. The van der Waals surface area contributed by atoms with Gasteiger partial charge in [0.25, 0.3) is 0 Å². The van der Waals surface area contributed by atoms with Crippen molar-refractivity contribution in [1.82, 2.24) is 0 Å². The topological polar surface area (TPSA) is 173 Å². The maximum absolute atomic E-state index is 13.1. The number of nitrogen functional groups attached to an aromatic ring is 1. The largest absolute Gasteiger partial charge is 0.480 e. The molecule has 0 aliphatic heterocycles. The van der Waals surface area contributed by atoms with E-state index in [1.807, 2.05) is 0 Å². The second kappa shape index (κ2) is 9.22. The smallest absolute Gasteiger partial charge is 0.332 e. The fraction of sp³-hybridized carbons (Fsp3) is 0.238. The summed E-state index contributed by atoms with van der Waals surface area (Å²) in [4.78, 5) is 36.0. The Morgan fingerprint density at radius 3 is 2.10 bits per heavy atom. The van der Waals surface area contributed by atoms with E-state index in [0.717, 1.165) is 0 Å². The lowest BCUT2D eigenvalue weighted by atomic mass is 9.71. The van der Waals surface area contributed by atoms with Crippen LogP contribution in [-0.2, 0) is 14.4 Å². The first-order chi connectivity index (χ1) is 13.7. The van der Waals surface area contributed by atoms with Crippen LogP contribution in [-0.4, -0.2) is 40.6 Å². The molecule has 0 aromatic heterocycles. The molecule has 0 spiro atoms. The summed E-state index contributed by atoms with van der Waals surface area (Å²) < 4.78 is 0. The van der Waals surface area contributed by atoms with E-state index in [1.165, 1.54) is 0 Å². The Morgan fingerprint density at radius 2 is 1.62 bits per heavy atom. The van der Waals surface area contributed by atoms with Crippen LogP contribution < -0.4 is 17.2 Å². The number of nitrogens with two attached hydrogens (primary N) is 3. The van der Waals surface area contributed by atoms with E-state index in [2.05, 4.69) is 0 Å². The number of carbonyl (C=O) groups excluding carboxylic acids is 2. The molecule has 0 aliphatic carbocycles. The zero-order chi connectivity index (χ0) is 21.6. The monoisotopic (exact) mass is 396 g/mol. The molecule has 0 saturated carbocycles. The van der Waals surface area contributed by atoms with Crippen LogP contribution >= 0.6 is 0 Å². The average molecular weight is 396 g/mol. The van der Waals surface area contributed by atoms with Gasteiger partial charge in [-0.05, 0) is 17.5 Å². The minimum Gasteiger partial charge on any atom is -0.480 e. The van der Waals surface area contributed by atoms with E-state index < -0.39 is 29.3 Å². The number of hydrogen-bond acceptors (Lipinski definition) is 6. The number of aldehydes is 1. The summed E-state index contributed by atoms with van der Waals surface area (Å²) >= 11 is 0. The number of benzene rings is 2. The summed E-state index contributed by atoms with van der Waals surface area (Å²) in [7, 11) is 0. The van der Waals surface area contributed by atoms with Gasteiger partial charge in [-0.1, -0.05) is 54.6 Å². The summed E-state index contributed by atoms with van der Waals surface area (Å²) in [5, 5.41) is 17.5. The number of nitrogens with one attached hydrogen (secondary N) is 1. The van der Waals surface area contributed by atoms with Crippen LogP contribution in [0.15, 0.2) is 54.6 Å². The highest BCUT2D eigenvalue weighted by Crippen LogP contribution is 2.35. The molecule has 0 fully saturated rings. The molecule has 152 valence electrons. The predicted molar refractivity (Wildman–Crippen MR) is 109 cm³/mol. The normalized spacial score (nSPS) is 15.0. The first kappa shape index (κ1) is 21.9. The molecule has 3 atom stereocenters. The Bertz CT molecular complexity index is 899. The van der Waals surface area contributed by atoms with Crippen molar-refractivity contribution in [1.29, 1.82) is 5.41 Å². The third-order valence-electron chi connectivity index (χ3n) is 4.84. The third-order valence-corrected chi connectivity index (χ3v) is 4.84. The first-order valence-electron chi connectivity index (χ1n) is 8.98. The Balaban J connectivity index is 2.63. The van der Waals surface area contributed by atoms with Gasteiger partial charge in [-0.2, -0.15) is 0 Å². The molecule has 0 radical (unpaired) electrons. The van der Waals surface area contributed by atoms with Gasteiger partial charge in [0.05, 0.1) is 6.04 Å². The third kappa shape index (κ3) is 4.56. The minimum atomic E-state index is -2.36. The van der Waals surface area contributed by atoms with Crippen LogP contribution in [0.25, 0.3) is 0 Å². The van der Waals surface area contributed by atoms with Crippen molar-refractivity contribution >= 4 is 23.9 Å². The molecule has 29 heavy (non-hydrogen) atoms. The van der Waals surface area contributed by atoms with Gasteiger partial charge >= 0.3 is 5.97 Å². The lowest BCUT2D eigenvalue weighted by molar-refractivity contribution is -0.149. The number of rotatable bonds is 10. The van der Waals surface area contributed by atoms with Crippen LogP contribution in [0.1, 0.15) is 35.4 Å². The number of carboxylic acid groups (broad SMARTS) is 1. The number of amidine groups is 1. The maximum Gasteiger partial charge on any atom is 0.332 e. The van der Waals surface area contributed by atoms with Crippen molar-refractivity contribution in [3.05, 3.63) is 71.3 Å². The molecule has 2 rings (SSSR count). The van der Waals surface area contributed by atoms with Gasteiger partial charge in [-0.15, -0.1) is 0 Å². The van der Waals surface area contributed by atoms with Crippen molar-refractivity contribution in [3.63, 3.8) is 0 Å². The van der Waals surface area contributed by atoms with Gasteiger partial charge in [0.1, 0.15) is 12.1 Å². The molecule has 0 amide bonds. The fourth-order valence-electron chi connectivity index (χ4n) is 3.28.